The third-order valence-corrected chi connectivity index (χ3v) is 3.10. The maximum Gasteiger partial charge on any atom is 0.258 e. The molecule has 2 aromatic carbocycles. The van der Waals surface area contributed by atoms with Crippen molar-refractivity contribution in [3.8, 4) is 17.6 Å². The quantitative estimate of drug-likeness (QED) is 0.869. The van der Waals surface area contributed by atoms with Crippen molar-refractivity contribution >= 4 is 29.1 Å². The molecule has 1 amide bonds. The number of benzene rings is 2. The van der Waals surface area contributed by atoms with E-state index in [1.165, 1.54) is 0 Å². The molecule has 0 saturated carbocycles. The van der Waals surface area contributed by atoms with Gasteiger partial charge in [-0.3, -0.25) is 4.79 Å². The maximum atomic E-state index is 11.6. The summed E-state index contributed by atoms with van der Waals surface area (Å²) in [6, 6.07) is 14.0. The first-order chi connectivity index (χ1) is 10.6. The Labute approximate surface area is 139 Å². The van der Waals surface area contributed by atoms with Gasteiger partial charge in [0.05, 0.1) is 6.54 Å². The molecule has 2 aromatic rings. The number of carbonyl (C=O) groups is 1. The molecule has 5 heteroatoms. The molecule has 0 spiro atoms. The monoisotopic (exact) mass is 333 g/mol. The van der Waals surface area contributed by atoms with Crippen LogP contribution in [0.2, 0.25) is 10.0 Å². The van der Waals surface area contributed by atoms with Crippen LogP contribution in [0.5, 0.6) is 5.75 Å². The Bertz CT molecular complexity index is 703. The number of rotatable bonds is 4. The third-order valence-electron chi connectivity index (χ3n) is 2.61. The highest BCUT2D eigenvalue weighted by molar-refractivity contribution is 6.30. The second kappa shape index (κ2) is 8.33. The smallest absolute Gasteiger partial charge is 0.258 e. The predicted octanol–water partition coefficient (Wildman–Crippen LogP) is 3.54. The standard InChI is InChI=1S/C17H13Cl2NO2/c18-14-6-8-16(9-7-14)22-12-17(21)20-10-2-4-13-3-1-5-15(19)11-13/h1,3,5-9,11H,10,12H2,(H,20,21). The van der Waals surface area contributed by atoms with Gasteiger partial charge in [-0.2, -0.15) is 0 Å². The van der Waals surface area contributed by atoms with Crippen LogP contribution in [0.25, 0.3) is 0 Å². The van der Waals surface area contributed by atoms with Crippen LogP contribution in [-0.4, -0.2) is 19.1 Å². The number of nitrogens with one attached hydrogen (secondary N) is 1. The Morgan fingerprint density at radius 3 is 2.59 bits per heavy atom. The van der Waals surface area contributed by atoms with Crippen LogP contribution in [0.1, 0.15) is 5.56 Å². The highest BCUT2D eigenvalue weighted by Gasteiger charge is 2.01. The van der Waals surface area contributed by atoms with E-state index in [2.05, 4.69) is 17.2 Å². The Kier molecular flexibility index (Phi) is 6.14. The molecule has 0 saturated heterocycles. The average Bonchev–Trinajstić information content (AvgIpc) is 2.51. The van der Waals surface area contributed by atoms with Crippen LogP contribution in [0, 0.1) is 11.8 Å². The average molecular weight is 334 g/mol. The SMILES string of the molecule is O=C(COc1ccc(Cl)cc1)NCC#Cc1cccc(Cl)c1. The number of halogens is 2. The molecule has 22 heavy (non-hydrogen) atoms. The summed E-state index contributed by atoms with van der Waals surface area (Å²) < 4.78 is 5.32. The van der Waals surface area contributed by atoms with Gasteiger partial charge in [0.1, 0.15) is 5.75 Å². The minimum atomic E-state index is -0.240. The molecule has 0 aliphatic carbocycles. The van der Waals surface area contributed by atoms with E-state index in [9.17, 15) is 4.79 Å². The van der Waals surface area contributed by atoms with Crippen LogP contribution in [0.3, 0.4) is 0 Å². The van der Waals surface area contributed by atoms with E-state index in [-0.39, 0.29) is 19.1 Å². The molecule has 0 aromatic heterocycles. The molecule has 0 aliphatic rings. The zero-order valence-corrected chi connectivity index (χ0v) is 13.1. The minimum Gasteiger partial charge on any atom is -0.484 e. The highest BCUT2D eigenvalue weighted by Crippen LogP contribution is 2.15. The van der Waals surface area contributed by atoms with E-state index in [0.29, 0.717) is 15.8 Å². The molecule has 2 rings (SSSR count). The van der Waals surface area contributed by atoms with Gasteiger partial charge in [-0.25, -0.2) is 0 Å². The van der Waals surface area contributed by atoms with Crippen LogP contribution in [0.15, 0.2) is 48.5 Å². The third kappa shape index (κ3) is 5.69. The van der Waals surface area contributed by atoms with E-state index in [4.69, 9.17) is 27.9 Å². The summed E-state index contributed by atoms with van der Waals surface area (Å²) >= 11 is 11.6. The van der Waals surface area contributed by atoms with Gasteiger partial charge < -0.3 is 10.1 Å². The topological polar surface area (TPSA) is 38.3 Å². The van der Waals surface area contributed by atoms with Crippen molar-refractivity contribution in [3.63, 3.8) is 0 Å². The van der Waals surface area contributed by atoms with Crippen molar-refractivity contribution in [3.05, 3.63) is 64.1 Å². The lowest BCUT2D eigenvalue weighted by atomic mass is 10.2. The zero-order chi connectivity index (χ0) is 15.8. The fourth-order valence-electron chi connectivity index (χ4n) is 1.59. The first-order valence-electron chi connectivity index (χ1n) is 6.53. The van der Waals surface area contributed by atoms with E-state index in [1.807, 2.05) is 12.1 Å². The molecule has 0 aliphatic heterocycles. The van der Waals surface area contributed by atoms with Crippen molar-refractivity contribution < 1.29 is 9.53 Å². The van der Waals surface area contributed by atoms with Crippen LogP contribution >= 0.6 is 23.2 Å². The number of hydrogen-bond acceptors (Lipinski definition) is 2. The maximum absolute atomic E-state index is 11.6. The van der Waals surface area contributed by atoms with Crippen molar-refractivity contribution in [1.29, 1.82) is 0 Å². The summed E-state index contributed by atoms with van der Waals surface area (Å²) in [6.45, 7) is 0.176. The van der Waals surface area contributed by atoms with Gasteiger partial charge in [0.15, 0.2) is 6.61 Å². The summed E-state index contributed by atoms with van der Waals surface area (Å²) in [6.07, 6.45) is 0. The van der Waals surface area contributed by atoms with Gasteiger partial charge in [0.2, 0.25) is 0 Å². The largest absolute Gasteiger partial charge is 0.484 e. The molecular formula is C17H13Cl2NO2. The fourth-order valence-corrected chi connectivity index (χ4v) is 1.90. The summed E-state index contributed by atoms with van der Waals surface area (Å²) in [5.41, 5.74) is 0.805. The lowest BCUT2D eigenvalue weighted by Gasteiger charge is -2.05. The van der Waals surface area contributed by atoms with Gasteiger partial charge in [-0.15, -0.1) is 0 Å². The van der Waals surface area contributed by atoms with E-state index in [1.54, 1.807) is 36.4 Å². The first-order valence-corrected chi connectivity index (χ1v) is 7.28. The minimum absolute atomic E-state index is 0.0690. The molecule has 0 heterocycles. The van der Waals surface area contributed by atoms with Crippen molar-refractivity contribution in [2.75, 3.05) is 13.2 Å². The Balaban J connectivity index is 1.73. The van der Waals surface area contributed by atoms with Gasteiger partial charge in [0.25, 0.3) is 5.91 Å². The molecule has 0 unspecified atom stereocenters. The first kappa shape index (κ1) is 16.2. The zero-order valence-electron chi connectivity index (χ0n) is 11.6. The van der Waals surface area contributed by atoms with Crippen molar-refractivity contribution in [1.82, 2.24) is 5.32 Å². The molecule has 0 bridgehead atoms. The number of amides is 1. The molecule has 0 atom stereocenters. The summed E-state index contributed by atoms with van der Waals surface area (Å²) in [5, 5.41) is 3.90. The molecule has 0 fully saturated rings. The second-order valence-corrected chi connectivity index (χ2v) is 5.20. The molecule has 0 radical (unpaired) electrons. The number of hydrogen-bond donors (Lipinski definition) is 1. The summed E-state index contributed by atoms with van der Waals surface area (Å²) in [4.78, 5) is 11.6. The Morgan fingerprint density at radius 1 is 1.09 bits per heavy atom. The fraction of sp³-hybridized carbons (Fsp3) is 0.118. The lowest BCUT2D eigenvalue weighted by molar-refractivity contribution is -0.122. The number of ether oxygens (including phenoxy) is 1. The Morgan fingerprint density at radius 2 is 1.86 bits per heavy atom. The van der Waals surface area contributed by atoms with Crippen LogP contribution in [0.4, 0.5) is 0 Å². The van der Waals surface area contributed by atoms with Gasteiger partial charge in [0, 0.05) is 15.6 Å². The van der Waals surface area contributed by atoms with E-state index in [0.717, 1.165) is 5.56 Å². The highest BCUT2D eigenvalue weighted by atomic mass is 35.5. The van der Waals surface area contributed by atoms with Gasteiger partial charge in [-0.05, 0) is 42.5 Å². The van der Waals surface area contributed by atoms with Gasteiger partial charge in [-0.1, -0.05) is 41.1 Å². The molecule has 3 nitrogen and oxygen atoms in total. The molecular weight excluding hydrogens is 321 g/mol. The van der Waals surface area contributed by atoms with Crippen molar-refractivity contribution in [2.24, 2.45) is 0 Å². The van der Waals surface area contributed by atoms with E-state index >= 15 is 0 Å². The predicted molar refractivity (Wildman–Crippen MR) is 88.3 cm³/mol. The second-order valence-electron chi connectivity index (χ2n) is 4.33. The van der Waals surface area contributed by atoms with Crippen LogP contribution < -0.4 is 10.1 Å². The van der Waals surface area contributed by atoms with Crippen LogP contribution in [-0.2, 0) is 4.79 Å². The molecule has 1 N–H and O–H groups in total. The summed E-state index contributed by atoms with van der Waals surface area (Å²) in [7, 11) is 0. The number of carbonyl (C=O) groups excluding carboxylic acids is 1. The van der Waals surface area contributed by atoms with Crippen molar-refractivity contribution in [2.45, 2.75) is 0 Å². The van der Waals surface area contributed by atoms with E-state index < -0.39 is 0 Å². The Hall–Kier alpha value is -2.15. The lowest BCUT2D eigenvalue weighted by Crippen LogP contribution is -2.29. The van der Waals surface area contributed by atoms with Gasteiger partial charge >= 0.3 is 0 Å². The normalized spacial score (nSPS) is 9.55. The molecule has 112 valence electrons. The summed E-state index contributed by atoms with van der Waals surface area (Å²) in [5.74, 6) is 6.12.